The van der Waals surface area contributed by atoms with E-state index in [0.717, 1.165) is 39.1 Å². The monoisotopic (exact) mass is 393 g/mol. The molecule has 27 heavy (non-hydrogen) atoms. The van der Waals surface area contributed by atoms with Crippen molar-refractivity contribution in [1.29, 1.82) is 0 Å². The lowest BCUT2D eigenvalue weighted by atomic mass is 9.94. The van der Waals surface area contributed by atoms with E-state index < -0.39 is 10.0 Å². The van der Waals surface area contributed by atoms with E-state index in [1.54, 1.807) is 28.6 Å². The largest absolute Gasteiger partial charge is 0.336 e. The molecule has 2 heterocycles. The Morgan fingerprint density at radius 2 is 1.56 bits per heavy atom. The number of amides is 1. The van der Waals surface area contributed by atoms with Gasteiger partial charge in [-0.05, 0) is 49.1 Å². The quantitative estimate of drug-likeness (QED) is 0.786. The normalized spacial score (nSPS) is 25.5. The predicted molar refractivity (Wildman–Crippen MR) is 106 cm³/mol. The van der Waals surface area contributed by atoms with Crippen molar-refractivity contribution in [1.82, 2.24) is 14.1 Å². The van der Waals surface area contributed by atoms with Crippen LogP contribution < -0.4 is 0 Å². The first-order valence-corrected chi connectivity index (χ1v) is 11.4. The Hall–Kier alpha value is -1.44. The number of likely N-dealkylation sites (N-methyl/N-ethyl adjacent to an activating group) is 1. The van der Waals surface area contributed by atoms with Gasteiger partial charge in [-0.3, -0.25) is 4.79 Å². The van der Waals surface area contributed by atoms with E-state index in [0.29, 0.717) is 30.5 Å². The van der Waals surface area contributed by atoms with Crippen molar-refractivity contribution in [2.24, 2.45) is 11.8 Å². The molecule has 150 valence electrons. The van der Waals surface area contributed by atoms with Gasteiger partial charge in [-0.2, -0.15) is 4.31 Å². The standard InChI is InChI=1S/C20H31N3O3S/c1-4-21-9-11-22(12-10-21)20(24)18-5-7-19(8-6-18)27(25,26)23-14-16(2)13-17(3)15-23/h5-8,16-17H,4,9-15H2,1-3H3/t16-,17+. The highest BCUT2D eigenvalue weighted by Gasteiger charge is 2.32. The van der Waals surface area contributed by atoms with Gasteiger partial charge in [0.15, 0.2) is 0 Å². The fraction of sp³-hybridized carbons (Fsp3) is 0.650. The average molecular weight is 394 g/mol. The number of piperazine rings is 1. The topological polar surface area (TPSA) is 60.9 Å². The number of benzene rings is 1. The zero-order chi connectivity index (χ0) is 19.6. The van der Waals surface area contributed by atoms with Crippen LogP contribution >= 0.6 is 0 Å². The average Bonchev–Trinajstić information content (AvgIpc) is 2.67. The van der Waals surface area contributed by atoms with Gasteiger partial charge in [-0.1, -0.05) is 20.8 Å². The Labute approximate surface area is 163 Å². The molecule has 2 atom stereocenters. The van der Waals surface area contributed by atoms with Crippen LogP contribution in [0.5, 0.6) is 0 Å². The minimum absolute atomic E-state index is 0.0186. The maximum atomic E-state index is 13.0. The van der Waals surface area contributed by atoms with E-state index >= 15 is 0 Å². The summed E-state index contributed by atoms with van der Waals surface area (Å²) in [4.78, 5) is 17.1. The van der Waals surface area contributed by atoms with E-state index in [1.807, 2.05) is 4.90 Å². The Bertz CT molecular complexity index is 745. The Balaban J connectivity index is 1.70. The third-order valence-electron chi connectivity index (χ3n) is 5.68. The van der Waals surface area contributed by atoms with Crippen molar-refractivity contribution in [3.05, 3.63) is 29.8 Å². The number of nitrogens with zero attached hydrogens (tertiary/aromatic N) is 3. The summed E-state index contributed by atoms with van der Waals surface area (Å²) in [6, 6.07) is 6.46. The number of hydrogen-bond acceptors (Lipinski definition) is 4. The lowest BCUT2D eigenvalue weighted by molar-refractivity contribution is 0.0643. The van der Waals surface area contributed by atoms with Crippen LogP contribution in [0.3, 0.4) is 0 Å². The maximum absolute atomic E-state index is 13.0. The van der Waals surface area contributed by atoms with E-state index in [2.05, 4.69) is 25.7 Å². The molecule has 1 aromatic rings. The van der Waals surface area contributed by atoms with Crippen molar-refractivity contribution in [3.8, 4) is 0 Å². The van der Waals surface area contributed by atoms with Gasteiger partial charge in [0.1, 0.15) is 0 Å². The van der Waals surface area contributed by atoms with Crippen molar-refractivity contribution in [2.45, 2.75) is 32.1 Å². The van der Waals surface area contributed by atoms with Crippen LogP contribution in [0, 0.1) is 11.8 Å². The first-order chi connectivity index (χ1) is 12.8. The first kappa shape index (κ1) is 20.3. The lowest BCUT2D eigenvalue weighted by Gasteiger charge is -2.34. The SMILES string of the molecule is CCN1CCN(C(=O)c2ccc(S(=O)(=O)N3C[C@H](C)C[C@H](C)C3)cc2)CC1. The summed E-state index contributed by atoms with van der Waals surface area (Å²) in [7, 11) is -3.50. The van der Waals surface area contributed by atoms with Crippen LogP contribution in [0.2, 0.25) is 0 Å². The summed E-state index contributed by atoms with van der Waals surface area (Å²) >= 11 is 0. The van der Waals surface area contributed by atoms with Gasteiger partial charge in [-0.25, -0.2) is 8.42 Å². The molecule has 2 aliphatic heterocycles. The number of hydrogen-bond donors (Lipinski definition) is 0. The molecule has 0 saturated carbocycles. The molecular formula is C20H31N3O3S. The summed E-state index contributed by atoms with van der Waals surface area (Å²) in [6.07, 6.45) is 1.06. The van der Waals surface area contributed by atoms with Crippen LogP contribution in [-0.4, -0.2) is 74.2 Å². The molecule has 2 fully saturated rings. The van der Waals surface area contributed by atoms with E-state index in [9.17, 15) is 13.2 Å². The molecule has 3 rings (SSSR count). The van der Waals surface area contributed by atoms with Crippen molar-refractivity contribution in [3.63, 3.8) is 0 Å². The zero-order valence-corrected chi connectivity index (χ0v) is 17.4. The summed E-state index contributed by atoms with van der Waals surface area (Å²) in [5.74, 6) is 0.715. The van der Waals surface area contributed by atoms with E-state index in [4.69, 9.17) is 0 Å². The summed E-state index contributed by atoms with van der Waals surface area (Å²) in [6.45, 7) is 11.7. The van der Waals surface area contributed by atoms with Crippen LogP contribution in [0.1, 0.15) is 37.6 Å². The molecular weight excluding hydrogens is 362 g/mol. The number of rotatable bonds is 4. The second-order valence-corrected chi connectivity index (χ2v) is 9.96. The number of carbonyl (C=O) groups is 1. The van der Waals surface area contributed by atoms with Crippen molar-refractivity contribution < 1.29 is 13.2 Å². The van der Waals surface area contributed by atoms with Gasteiger partial charge in [-0.15, -0.1) is 0 Å². The summed E-state index contributed by atoms with van der Waals surface area (Å²) in [5.41, 5.74) is 0.555. The minimum Gasteiger partial charge on any atom is -0.336 e. The molecule has 0 N–H and O–H groups in total. The predicted octanol–water partition coefficient (Wildman–Crippen LogP) is 2.13. The highest BCUT2D eigenvalue weighted by molar-refractivity contribution is 7.89. The summed E-state index contributed by atoms with van der Waals surface area (Å²) < 4.78 is 27.5. The second-order valence-electron chi connectivity index (χ2n) is 8.02. The minimum atomic E-state index is -3.50. The third kappa shape index (κ3) is 4.52. The molecule has 0 aliphatic carbocycles. The highest BCUT2D eigenvalue weighted by Crippen LogP contribution is 2.27. The number of piperidine rings is 1. The van der Waals surface area contributed by atoms with Crippen molar-refractivity contribution in [2.75, 3.05) is 45.8 Å². The Morgan fingerprint density at radius 3 is 2.07 bits per heavy atom. The maximum Gasteiger partial charge on any atom is 0.253 e. The molecule has 7 heteroatoms. The van der Waals surface area contributed by atoms with Crippen LogP contribution in [-0.2, 0) is 10.0 Å². The second kappa shape index (κ2) is 8.29. The molecule has 1 aromatic carbocycles. The molecule has 0 spiro atoms. The van der Waals surface area contributed by atoms with Crippen LogP contribution in [0.15, 0.2) is 29.2 Å². The first-order valence-electron chi connectivity index (χ1n) is 9.93. The molecule has 0 radical (unpaired) electrons. The molecule has 6 nitrogen and oxygen atoms in total. The van der Waals surface area contributed by atoms with Crippen LogP contribution in [0.4, 0.5) is 0 Å². The smallest absolute Gasteiger partial charge is 0.253 e. The van der Waals surface area contributed by atoms with Gasteiger partial charge in [0.2, 0.25) is 10.0 Å². The third-order valence-corrected chi connectivity index (χ3v) is 7.53. The number of sulfonamides is 1. The molecule has 0 aromatic heterocycles. The summed E-state index contributed by atoms with van der Waals surface area (Å²) in [5, 5.41) is 0. The molecule has 1 amide bonds. The van der Waals surface area contributed by atoms with Gasteiger partial charge < -0.3 is 9.80 Å². The fourth-order valence-electron chi connectivity index (χ4n) is 4.17. The van der Waals surface area contributed by atoms with Gasteiger partial charge >= 0.3 is 0 Å². The molecule has 2 saturated heterocycles. The van der Waals surface area contributed by atoms with E-state index in [1.165, 1.54) is 0 Å². The fourth-order valence-corrected chi connectivity index (χ4v) is 5.85. The highest BCUT2D eigenvalue weighted by atomic mass is 32.2. The molecule has 0 unspecified atom stereocenters. The molecule has 2 aliphatic rings. The van der Waals surface area contributed by atoms with Gasteiger partial charge in [0.25, 0.3) is 5.91 Å². The number of carbonyl (C=O) groups excluding carboxylic acids is 1. The van der Waals surface area contributed by atoms with E-state index in [-0.39, 0.29) is 10.8 Å². The molecule has 0 bridgehead atoms. The van der Waals surface area contributed by atoms with Crippen LogP contribution in [0.25, 0.3) is 0 Å². The Morgan fingerprint density at radius 1 is 1.00 bits per heavy atom. The van der Waals surface area contributed by atoms with Gasteiger partial charge in [0, 0.05) is 44.8 Å². The van der Waals surface area contributed by atoms with Gasteiger partial charge in [0.05, 0.1) is 4.90 Å². The van der Waals surface area contributed by atoms with Crippen molar-refractivity contribution >= 4 is 15.9 Å². The lowest BCUT2D eigenvalue weighted by Crippen LogP contribution is -2.48. The Kier molecular flexibility index (Phi) is 6.23. The zero-order valence-electron chi connectivity index (χ0n) is 16.6.